The molecule has 1 fully saturated rings. The normalized spacial score (nSPS) is 18.1. The van der Waals surface area contributed by atoms with Crippen molar-refractivity contribution < 1.29 is 9.53 Å². The minimum absolute atomic E-state index is 0.0551. The number of hydrogen-bond donors (Lipinski definition) is 0. The van der Waals surface area contributed by atoms with E-state index >= 15 is 0 Å². The molecule has 1 atom stereocenters. The van der Waals surface area contributed by atoms with Crippen molar-refractivity contribution in [1.29, 1.82) is 0 Å². The SMILES string of the molecule is CCCC(=O)N1CCC(Oc2ccc3ccccc3n2)C1. The van der Waals surface area contributed by atoms with E-state index in [9.17, 15) is 4.79 Å². The van der Waals surface area contributed by atoms with Gasteiger partial charge in [0.1, 0.15) is 6.10 Å². The van der Waals surface area contributed by atoms with Crippen molar-refractivity contribution in [2.24, 2.45) is 0 Å². The zero-order valence-corrected chi connectivity index (χ0v) is 12.3. The van der Waals surface area contributed by atoms with Crippen LogP contribution in [0.1, 0.15) is 26.2 Å². The molecule has 1 aromatic carbocycles. The Morgan fingerprint density at radius 1 is 1.33 bits per heavy atom. The predicted octanol–water partition coefficient (Wildman–Crippen LogP) is 3.01. The van der Waals surface area contributed by atoms with Crippen LogP contribution in [0.3, 0.4) is 0 Å². The number of fused-ring (bicyclic) bond motifs is 1. The molecule has 1 aliphatic rings. The molecule has 1 aromatic heterocycles. The number of carbonyl (C=O) groups is 1. The first-order valence-corrected chi connectivity index (χ1v) is 7.56. The molecule has 0 radical (unpaired) electrons. The number of benzene rings is 1. The summed E-state index contributed by atoms with van der Waals surface area (Å²) in [5.74, 6) is 0.874. The lowest BCUT2D eigenvalue weighted by Crippen LogP contribution is -2.30. The Hall–Kier alpha value is -2.10. The van der Waals surface area contributed by atoms with Gasteiger partial charge >= 0.3 is 0 Å². The van der Waals surface area contributed by atoms with Gasteiger partial charge in [0, 0.05) is 30.8 Å². The summed E-state index contributed by atoms with van der Waals surface area (Å²) in [7, 11) is 0. The molecule has 2 heterocycles. The molecule has 0 bridgehead atoms. The van der Waals surface area contributed by atoms with Gasteiger partial charge in [0.05, 0.1) is 12.1 Å². The molecule has 1 saturated heterocycles. The lowest BCUT2D eigenvalue weighted by atomic mass is 10.2. The van der Waals surface area contributed by atoms with Crippen molar-refractivity contribution in [3.05, 3.63) is 36.4 Å². The van der Waals surface area contributed by atoms with Gasteiger partial charge in [0.25, 0.3) is 0 Å². The number of para-hydroxylation sites is 1. The summed E-state index contributed by atoms with van der Waals surface area (Å²) in [6.07, 6.45) is 2.46. The minimum Gasteiger partial charge on any atom is -0.472 e. The maximum atomic E-state index is 11.9. The molecular formula is C17H20N2O2. The number of nitrogens with zero attached hydrogens (tertiary/aromatic N) is 2. The monoisotopic (exact) mass is 284 g/mol. The molecule has 0 aliphatic carbocycles. The van der Waals surface area contributed by atoms with Crippen molar-refractivity contribution in [3.63, 3.8) is 0 Å². The molecule has 1 amide bonds. The van der Waals surface area contributed by atoms with E-state index in [0.29, 0.717) is 18.8 Å². The van der Waals surface area contributed by atoms with E-state index in [4.69, 9.17) is 4.74 Å². The van der Waals surface area contributed by atoms with Crippen LogP contribution in [0.4, 0.5) is 0 Å². The van der Waals surface area contributed by atoms with Crippen LogP contribution in [0.25, 0.3) is 10.9 Å². The summed E-state index contributed by atoms with van der Waals surface area (Å²) >= 11 is 0. The van der Waals surface area contributed by atoms with Crippen LogP contribution < -0.4 is 4.74 Å². The second kappa shape index (κ2) is 6.12. The van der Waals surface area contributed by atoms with Crippen LogP contribution >= 0.6 is 0 Å². The zero-order chi connectivity index (χ0) is 14.7. The summed E-state index contributed by atoms with van der Waals surface area (Å²) in [6, 6.07) is 11.9. The Morgan fingerprint density at radius 3 is 3.05 bits per heavy atom. The summed E-state index contributed by atoms with van der Waals surface area (Å²) in [6.45, 7) is 3.49. The van der Waals surface area contributed by atoms with Gasteiger partial charge in [-0.15, -0.1) is 0 Å². The largest absolute Gasteiger partial charge is 0.472 e. The van der Waals surface area contributed by atoms with E-state index in [1.165, 1.54) is 0 Å². The number of ether oxygens (including phenoxy) is 1. The molecule has 3 rings (SSSR count). The van der Waals surface area contributed by atoms with Gasteiger partial charge < -0.3 is 9.64 Å². The van der Waals surface area contributed by atoms with Gasteiger partial charge in [-0.3, -0.25) is 4.79 Å². The van der Waals surface area contributed by atoms with Crippen LogP contribution in [0.5, 0.6) is 5.88 Å². The highest BCUT2D eigenvalue weighted by Gasteiger charge is 2.27. The second-order valence-corrected chi connectivity index (χ2v) is 5.46. The predicted molar refractivity (Wildman–Crippen MR) is 82.3 cm³/mol. The molecule has 4 heteroatoms. The second-order valence-electron chi connectivity index (χ2n) is 5.46. The lowest BCUT2D eigenvalue weighted by molar-refractivity contribution is -0.130. The smallest absolute Gasteiger partial charge is 0.222 e. The van der Waals surface area contributed by atoms with E-state index in [0.717, 1.165) is 30.3 Å². The first kappa shape index (κ1) is 13.9. The Labute approximate surface area is 124 Å². The average Bonchev–Trinajstić information content (AvgIpc) is 2.96. The highest BCUT2D eigenvalue weighted by Crippen LogP contribution is 2.20. The summed E-state index contributed by atoms with van der Waals surface area (Å²) in [5, 5.41) is 1.11. The van der Waals surface area contributed by atoms with Crippen LogP contribution in [-0.2, 0) is 4.79 Å². The summed E-state index contributed by atoms with van der Waals surface area (Å²) in [4.78, 5) is 18.3. The van der Waals surface area contributed by atoms with Gasteiger partial charge in [-0.1, -0.05) is 25.1 Å². The van der Waals surface area contributed by atoms with Crippen molar-refractivity contribution in [1.82, 2.24) is 9.88 Å². The molecular weight excluding hydrogens is 264 g/mol. The van der Waals surface area contributed by atoms with Crippen molar-refractivity contribution in [2.75, 3.05) is 13.1 Å². The number of pyridine rings is 1. The molecule has 0 N–H and O–H groups in total. The third-order valence-corrected chi connectivity index (χ3v) is 3.82. The average molecular weight is 284 g/mol. The van der Waals surface area contributed by atoms with Crippen molar-refractivity contribution >= 4 is 16.8 Å². The van der Waals surface area contributed by atoms with Gasteiger partial charge in [-0.05, 0) is 18.6 Å². The first-order valence-electron chi connectivity index (χ1n) is 7.56. The quantitative estimate of drug-likeness (QED) is 0.866. The number of amides is 1. The standard InChI is InChI=1S/C17H20N2O2/c1-2-5-17(20)19-11-10-14(12-19)21-16-9-8-13-6-3-4-7-15(13)18-16/h3-4,6-9,14H,2,5,10-12H2,1H3. The van der Waals surface area contributed by atoms with Crippen LogP contribution in [0.2, 0.25) is 0 Å². The molecule has 1 unspecified atom stereocenters. The van der Waals surface area contributed by atoms with Crippen molar-refractivity contribution in [3.8, 4) is 5.88 Å². The number of rotatable bonds is 4. The van der Waals surface area contributed by atoms with E-state index in [1.807, 2.05) is 48.2 Å². The Bertz CT molecular complexity index is 641. The molecule has 0 saturated carbocycles. The molecule has 110 valence electrons. The van der Waals surface area contributed by atoms with E-state index in [-0.39, 0.29) is 12.0 Å². The minimum atomic E-state index is 0.0551. The first-order chi connectivity index (χ1) is 10.3. The molecule has 21 heavy (non-hydrogen) atoms. The fourth-order valence-corrected chi connectivity index (χ4v) is 2.71. The highest BCUT2D eigenvalue weighted by molar-refractivity contribution is 5.78. The highest BCUT2D eigenvalue weighted by atomic mass is 16.5. The molecule has 2 aromatic rings. The van der Waals surface area contributed by atoms with Gasteiger partial charge in [0.2, 0.25) is 11.8 Å². The maximum Gasteiger partial charge on any atom is 0.222 e. The summed E-state index contributed by atoms with van der Waals surface area (Å²) in [5.41, 5.74) is 0.937. The Balaban J connectivity index is 1.65. The van der Waals surface area contributed by atoms with E-state index in [1.54, 1.807) is 0 Å². The third kappa shape index (κ3) is 3.15. The van der Waals surface area contributed by atoms with Crippen molar-refractivity contribution in [2.45, 2.75) is 32.3 Å². The summed E-state index contributed by atoms with van der Waals surface area (Å²) < 4.78 is 5.94. The van der Waals surface area contributed by atoms with E-state index < -0.39 is 0 Å². The lowest BCUT2D eigenvalue weighted by Gasteiger charge is -2.16. The third-order valence-electron chi connectivity index (χ3n) is 3.82. The van der Waals surface area contributed by atoms with E-state index in [2.05, 4.69) is 4.98 Å². The molecule has 0 spiro atoms. The maximum absolute atomic E-state index is 11.9. The Kier molecular flexibility index (Phi) is 4.04. The zero-order valence-electron chi connectivity index (χ0n) is 12.3. The fourth-order valence-electron chi connectivity index (χ4n) is 2.71. The number of carbonyl (C=O) groups excluding carboxylic acids is 1. The van der Waals surface area contributed by atoms with Gasteiger partial charge in [0.15, 0.2) is 0 Å². The fraction of sp³-hybridized carbons (Fsp3) is 0.412. The van der Waals surface area contributed by atoms with Crippen LogP contribution in [-0.4, -0.2) is 35.0 Å². The number of hydrogen-bond acceptors (Lipinski definition) is 3. The number of likely N-dealkylation sites (tertiary alicyclic amines) is 1. The topological polar surface area (TPSA) is 42.4 Å². The molecule has 1 aliphatic heterocycles. The van der Waals surface area contributed by atoms with Gasteiger partial charge in [-0.25, -0.2) is 4.98 Å². The van der Waals surface area contributed by atoms with Crippen LogP contribution in [0.15, 0.2) is 36.4 Å². The number of aromatic nitrogens is 1. The van der Waals surface area contributed by atoms with Crippen LogP contribution in [0, 0.1) is 0 Å². The van der Waals surface area contributed by atoms with Gasteiger partial charge in [-0.2, -0.15) is 0 Å². The Morgan fingerprint density at radius 2 is 2.19 bits per heavy atom. The molecule has 4 nitrogen and oxygen atoms in total.